The highest BCUT2D eigenvalue weighted by Gasteiger charge is 2.35. The first kappa shape index (κ1) is 23.8. The van der Waals surface area contributed by atoms with E-state index in [0.717, 1.165) is 67.9 Å². The maximum absolute atomic E-state index is 13.5. The minimum Gasteiger partial charge on any atom is -0.376 e. The van der Waals surface area contributed by atoms with Crippen LogP contribution < -0.4 is 5.56 Å². The Labute approximate surface area is 211 Å². The van der Waals surface area contributed by atoms with Crippen molar-refractivity contribution in [2.45, 2.75) is 76.6 Å². The van der Waals surface area contributed by atoms with Gasteiger partial charge in [-0.1, -0.05) is 37.5 Å². The number of fused-ring (bicyclic) bond motifs is 1. The number of rotatable bonds is 6. The number of nitrogens with zero attached hydrogens (tertiary/aromatic N) is 6. The van der Waals surface area contributed by atoms with Gasteiger partial charge in [0.25, 0.3) is 5.56 Å². The Morgan fingerprint density at radius 2 is 1.92 bits per heavy atom. The van der Waals surface area contributed by atoms with E-state index >= 15 is 0 Å². The summed E-state index contributed by atoms with van der Waals surface area (Å²) in [6.45, 7) is 7.24. The lowest BCUT2D eigenvalue weighted by Crippen LogP contribution is -2.52. The number of benzene rings is 1. The summed E-state index contributed by atoms with van der Waals surface area (Å²) < 4.78 is 7.75. The molecule has 0 bridgehead atoms. The quantitative estimate of drug-likeness (QED) is 0.567. The van der Waals surface area contributed by atoms with Crippen LogP contribution in [-0.2, 0) is 11.3 Å². The first-order chi connectivity index (χ1) is 17.7. The number of nitrogens with one attached hydrogen (secondary N) is 1. The average molecular weight is 492 g/mol. The zero-order valence-corrected chi connectivity index (χ0v) is 21.2. The Bertz CT molecular complexity index is 1230. The second-order valence-corrected chi connectivity index (χ2v) is 10.7. The topological polar surface area (TPSA) is 92.2 Å². The van der Waals surface area contributed by atoms with Gasteiger partial charge in [-0.25, -0.2) is 4.68 Å². The molecule has 0 unspecified atom stereocenters. The molecule has 1 aromatic carbocycles. The second-order valence-electron chi connectivity index (χ2n) is 10.7. The fourth-order valence-corrected chi connectivity index (χ4v) is 6.43. The van der Waals surface area contributed by atoms with Crippen molar-refractivity contribution in [3.8, 4) is 0 Å². The summed E-state index contributed by atoms with van der Waals surface area (Å²) in [5.41, 5.74) is 2.61. The molecule has 9 nitrogen and oxygen atoms in total. The van der Waals surface area contributed by atoms with Gasteiger partial charge in [0, 0.05) is 44.4 Å². The largest absolute Gasteiger partial charge is 0.376 e. The van der Waals surface area contributed by atoms with Crippen LogP contribution in [0.15, 0.2) is 29.1 Å². The average Bonchev–Trinajstić information content (AvgIpc) is 3.59. The van der Waals surface area contributed by atoms with Gasteiger partial charge in [0.1, 0.15) is 6.04 Å². The highest BCUT2D eigenvalue weighted by atomic mass is 16.5. The summed E-state index contributed by atoms with van der Waals surface area (Å²) in [6, 6.07) is 8.58. The maximum Gasteiger partial charge on any atom is 0.253 e. The van der Waals surface area contributed by atoms with Crippen LogP contribution in [0.4, 0.5) is 0 Å². The SMILES string of the molecule is Cc1cccc2cc([C@@H](c3nnnn3C[C@H]3CCCO3)N3CCN(C4CCCCC4)CC3)c(=O)[nH]c12. The van der Waals surface area contributed by atoms with Crippen molar-refractivity contribution in [3.05, 3.63) is 51.6 Å². The number of aromatic amines is 1. The Balaban J connectivity index is 1.34. The summed E-state index contributed by atoms with van der Waals surface area (Å²) >= 11 is 0. The lowest BCUT2D eigenvalue weighted by atomic mass is 9.93. The number of tetrazole rings is 1. The van der Waals surface area contributed by atoms with E-state index in [0.29, 0.717) is 18.2 Å². The molecule has 3 aromatic rings. The molecule has 2 aromatic heterocycles. The normalized spacial score (nSPS) is 23.4. The van der Waals surface area contributed by atoms with E-state index in [9.17, 15) is 4.79 Å². The molecule has 3 fully saturated rings. The van der Waals surface area contributed by atoms with Crippen LogP contribution in [0.3, 0.4) is 0 Å². The third-order valence-corrected chi connectivity index (χ3v) is 8.42. The van der Waals surface area contributed by atoms with E-state index in [4.69, 9.17) is 4.74 Å². The van der Waals surface area contributed by atoms with E-state index in [-0.39, 0.29) is 17.7 Å². The van der Waals surface area contributed by atoms with E-state index < -0.39 is 0 Å². The van der Waals surface area contributed by atoms with Crippen LogP contribution in [0.2, 0.25) is 0 Å². The number of ether oxygens (including phenoxy) is 1. The number of hydrogen-bond acceptors (Lipinski definition) is 7. The van der Waals surface area contributed by atoms with Crippen LogP contribution in [0.25, 0.3) is 10.9 Å². The summed E-state index contributed by atoms with van der Waals surface area (Å²) in [5, 5.41) is 13.9. The van der Waals surface area contributed by atoms with Crippen molar-refractivity contribution in [1.82, 2.24) is 35.0 Å². The molecule has 0 radical (unpaired) electrons. The smallest absolute Gasteiger partial charge is 0.253 e. The molecule has 6 rings (SSSR count). The molecule has 9 heteroatoms. The Morgan fingerprint density at radius 3 is 2.69 bits per heavy atom. The molecule has 2 aliphatic heterocycles. The van der Waals surface area contributed by atoms with Crippen LogP contribution in [0, 0.1) is 6.92 Å². The number of pyridine rings is 1. The first-order valence-corrected chi connectivity index (χ1v) is 13.7. The Morgan fingerprint density at radius 1 is 1.08 bits per heavy atom. The Kier molecular flexibility index (Phi) is 6.86. The maximum atomic E-state index is 13.5. The highest BCUT2D eigenvalue weighted by molar-refractivity contribution is 5.82. The molecule has 2 saturated heterocycles. The van der Waals surface area contributed by atoms with Crippen LogP contribution in [-0.4, -0.2) is 79.9 Å². The van der Waals surface area contributed by atoms with Gasteiger partial charge in [0.2, 0.25) is 0 Å². The molecule has 1 N–H and O–H groups in total. The zero-order chi connectivity index (χ0) is 24.5. The van der Waals surface area contributed by atoms with Gasteiger partial charge < -0.3 is 9.72 Å². The zero-order valence-electron chi connectivity index (χ0n) is 21.2. The summed E-state index contributed by atoms with van der Waals surface area (Å²) in [7, 11) is 0. The highest BCUT2D eigenvalue weighted by Crippen LogP contribution is 2.30. The lowest BCUT2D eigenvalue weighted by molar-refractivity contribution is 0.0593. The van der Waals surface area contributed by atoms with Crippen molar-refractivity contribution in [2.75, 3.05) is 32.8 Å². The van der Waals surface area contributed by atoms with Crippen molar-refractivity contribution >= 4 is 10.9 Å². The minimum absolute atomic E-state index is 0.0665. The lowest BCUT2D eigenvalue weighted by Gasteiger charge is -2.43. The van der Waals surface area contributed by atoms with Crippen LogP contribution in [0.1, 0.15) is 67.9 Å². The van der Waals surface area contributed by atoms with Crippen molar-refractivity contribution in [2.24, 2.45) is 0 Å². The summed E-state index contributed by atoms with van der Waals surface area (Å²) in [6.07, 6.45) is 8.89. The minimum atomic E-state index is -0.302. The Hall–Kier alpha value is -2.62. The van der Waals surface area contributed by atoms with E-state index in [1.165, 1.54) is 32.1 Å². The van der Waals surface area contributed by atoms with Gasteiger partial charge in [-0.05, 0) is 60.0 Å². The molecule has 192 valence electrons. The van der Waals surface area contributed by atoms with Crippen molar-refractivity contribution < 1.29 is 4.74 Å². The molecule has 1 saturated carbocycles. The predicted molar refractivity (Wildman–Crippen MR) is 138 cm³/mol. The molecule has 4 heterocycles. The van der Waals surface area contributed by atoms with Crippen molar-refractivity contribution in [3.63, 3.8) is 0 Å². The summed E-state index contributed by atoms with van der Waals surface area (Å²) in [5.74, 6) is 0.731. The fraction of sp³-hybridized carbons (Fsp3) is 0.630. The van der Waals surface area contributed by atoms with Gasteiger partial charge in [-0.15, -0.1) is 5.10 Å². The number of para-hydroxylation sites is 1. The van der Waals surface area contributed by atoms with Crippen LogP contribution in [0.5, 0.6) is 0 Å². The van der Waals surface area contributed by atoms with E-state index in [2.05, 4.69) is 36.4 Å². The van der Waals surface area contributed by atoms with Gasteiger partial charge in [-0.2, -0.15) is 0 Å². The molecule has 2 atom stereocenters. The summed E-state index contributed by atoms with van der Waals surface area (Å²) in [4.78, 5) is 21.8. The predicted octanol–water partition coefficient (Wildman–Crippen LogP) is 3.04. The number of aryl methyl sites for hydroxylation is 1. The molecular formula is C27H37N7O2. The van der Waals surface area contributed by atoms with Gasteiger partial charge in [-0.3, -0.25) is 14.6 Å². The van der Waals surface area contributed by atoms with E-state index in [1.54, 1.807) is 0 Å². The van der Waals surface area contributed by atoms with E-state index in [1.807, 2.05) is 29.8 Å². The third kappa shape index (κ3) is 4.71. The van der Waals surface area contributed by atoms with Gasteiger partial charge in [0.15, 0.2) is 5.82 Å². The molecule has 0 amide bonds. The third-order valence-electron chi connectivity index (χ3n) is 8.42. The van der Waals surface area contributed by atoms with Gasteiger partial charge >= 0.3 is 0 Å². The monoisotopic (exact) mass is 491 g/mol. The molecule has 0 spiro atoms. The fourth-order valence-electron chi connectivity index (χ4n) is 6.43. The number of hydrogen-bond donors (Lipinski definition) is 1. The number of H-pyrrole nitrogens is 1. The molecule has 3 aliphatic rings. The van der Waals surface area contributed by atoms with Gasteiger partial charge in [0.05, 0.1) is 18.2 Å². The molecule has 36 heavy (non-hydrogen) atoms. The molecule has 1 aliphatic carbocycles. The number of aromatic nitrogens is 5. The van der Waals surface area contributed by atoms with Crippen LogP contribution >= 0.6 is 0 Å². The second kappa shape index (κ2) is 10.4. The van der Waals surface area contributed by atoms with Crippen molar-refractivity contribution in [1.29, 1.82) is 0 Å². The first-order valence-electron chi connectivity index (χ1n) is 13.7. The molecular weight excluding hydrogens is 454 g/mol. The number of piperazine rings is 1. The standard InChI is InChI=1S/C27H37N7O2/c1-19-7-5-8-20-17-23(27(35)28-24(19)20)25(26-29-30-31-34(26)18-22-11-6-16-36-22)33-14-12-32(13-15-33)21-9-3-2-4-10-21/h5,7-8,17,21-22,25H,2-4,6,9-16,18H2,1H3,(H,28,35)/t22-,25+/m1/s1.